The van der Waals surface area contributed by atoms with Crippen molar-refractivity contribution in [1.29, 1.82) is 0 Å². The van der Waals surface area contributed by atoms with E-state index >= 15 is 0 Å². The van der Waals surface area contributed by atoms with Crippen molar-refractivity contribution in [3.05, 3.63) is 60.2 Å². The Morgan fingerprint density at radius 3 is 2.76 bits per heavy atom. The minimum absolute atomic E-state index is 0.106. The molecular weight excluding hydrogens is 318 g/mol. The number of hydrogen-bond acceptors (Lipinski definition) is 5. The molecule has 3 aromatic rings. The van der Waals surface area contributed by atoms with Gasteiger partial charge in [-0.05, 0) is 42.2 Å². The number of tetrazole rings is 1. The number of nitrogens with one attached hydrogen (secondary N) is 1. The van der Waals surface area contributed by atoms with Gasteiger partial charge in [0.1, 0.15) is 0 Å². The van der Waals surface area contributed by atoms with Gasteiger partial charge < -0.3 is 5.32 Å². The van der Waals surface area contributed by atoms with E-state index in [0.717, 1.165) is 12.8 Å². The molecule has 1 aliphatic carbocycles. The molecule has 1 amide bonds. The molecule has 0 unspecified atom stereocenters. The summed E-state index contributed by atoms with van der Waals surface area (Å²) in [6.07, 6.45) is 5.77. The first-order valence-corrected chi connectivity index (χ1v) is 8.40. The molecule has 1 aromatic carbocycles. The van der Waals surface area contributed by atoms with Gasteiger partial charge in [0.05, 0.1) is 19.1 Å². The van der Waals surface area contributed by atoms with Gasteiger partial charge in [-0.1, -0.05) is 18.2 Å². The topological polar surface area (TPSA) is 90.5 Å². The SMILES string of the molecule is O=C(N[C@H](c1nnn(CCn2cccn2)n1)C1CC1)c1ccccc1. The molecule has 0 aliphatic heterocycles. The summed E-state index contributed by atoms with van der Waals surface area (Å²) in [7, 11) is 0. The van der Waals surface area contributed by atoms with Crippen LogP contribution >= 0.6 is 0 Å². The largest absolute Gasteiger partial charge is 0.342 e. The first kappa shape index (κ1) is 15.5. The smallest absolute Gasteiger partial charge is 0.251 e. The van der Waals surface area contributed by atoms with Gasteiger partial charge in [0.25, 0.3) is 5.91 Å². The number of aryl methyl sites for hydroxylation is 2. The molecule has 4 rings (SSSR count). The Hall–Kier alpha value is -3.03. The molecule has 1 saturated carbocycles. The molecular formula is C17H19N7O. The zero-order valence-corrected chi connectivity index (χ0v) is 13.7. The third-order valence-electron chi connectivity index (χ3n) is 4.25. The Morgan fingerprint density at radius 1 is 1.20 bits per heavy atom. The van der Waals surface area contributed by atoms with E-state index in [1.54, 1.807) is 23.1 Å². The van der Waals surface area contributed by atoms with Gasteiger partial charge in [-0.3, -0.25) is 9.48 Å². The normalized spacial score (nSPS) is 15.0. The number of hydrogen-bond donors (Lipinski definition) is 1. The van der Waals surface area contributed by atoms with Gasteiger partial charge in [-0.2, -0.15) is 9.90 Å². The van der Waals surface area contributed by atoms with Crippen LogP contribution in [0.25, 0.3) is 0 Å². The fourth-order valence-corrected chi connectivity index (χ4v) is 2.74. The van der Waals surface area contributed by atoms with Crippen LogP contribution < -0.4 is 5.32 Å². The minimum Gasteiger partial charge on any atom is -0.342 e. The Balaban J connectivity index is 1.43. The van der Waals surface area contributed by atoms with E-state index in [0.29, 0.717) is 30.4 Å². The Bertz CT molecular complexity index is 824. The number of nitrogens with zero attached hydrogens (tertiary/aromatic N) is 6. The monoisotopic (exact) mass is 337 g/mol. The number of amides is 1. The maximum atomic E-state index is 12.4. The maximum Gasteiger partial charge on any atom is 0.251 e. The van der Waals surface area contributed by atoms with Crippen molar-refractivity contribution in [2.24, 2.45) is 5.92 Å². The summed E-state index contributed by atoms with van der Waals surface area (Å²) in [4.78, 5) is 14.0. The predicted octanol–water partition coefficient (Wildman–Crippen LogP) is 1.45. The zero-order chi connectivity index (χ0) is 17.1. The van der Waals surface area contributed by atoms with Gasteiger partial charge in [-0.25, -0.2) is 0 Å². The lowest BCUT2D eigenvalue weighted by Crippen LogP contribution is -2.30. The number of carbonyl (C=O) groups excluding carboxylic acids is 1. The zero-order valence-electron chi connectivity index (χ0n) is 13.7. The average Bonchev–Trinajstić information content (AvgIpc) is 3.15. The second-order valence-corrected chi connectivity index (χ2v) is 6.17. The molecule has 1 aliphatic rings. The van der Waals surface area contributed by atoms with Gasteiger partial charge in [0, 0.05) is 18.0 Å². The van der Waals surface area contributed by atoms with Crippen LogP contribution in [-0.2, 0) is 13.1 Å². The highest BCUT2D eigenvalue weighted by Crippen LogP contribution is 2.39. The summed E-state index contributed by atoms with van der Waals surface area (Å²) in [6, 6.07) is 10.9. The third-order valence-corrected chi connectivity index (χ3v) is 4.25. The number of rotatable bonds is 7. The molecule has 0 spiro atoms. The van der Waals surface area contributed by atoms with Crippen LogP contribution in [0.4, 0.5) is 0 Å². The lowest BCUT2D eigenvalue weighted by molar-refractivity contribution is 0.0929. The predicted molar refractivity (Wildman–Crippen MR) is 89.4 cm³/mol. The van der Waals surface area contributed by atoms with Crippen LogP contribution in [0, 0.1) is 5.92 Å². The summed E-state index contributed by atoms with van der Waals surface area (Å²) in [6.45, 7) is 1.26. The molecule has 1 fully saturated rings. The number of carbonyl (C=O) groups is 1. The minimum atomic E-state index is -0.189. The number of aromatic nitrogens is 6. The van der Waals surface area contributed by atoms with Crippen molar-refractivity contribution in [1.82, 2.24) is 35.3 Å². The molecule has 0 bridgehead atoms. The van der Waals surface area contributed by atoms with E-state index in [-0.39, 0.29) is 11.9 Å². The highest BCUT2D eigenvalue weighted by Gasteiger charge is 2.36. The Labute approximate surface area is 144 Å². The van der Waals surface area contributed by atoms with E-state index in [1.807, 2.05) is 35.1 Å². The summed E-state index contributed by atoms with van der Waals surface area (Å²) < 4.78 is 1.82. The van der Waals surface area contributed by atoms with Crippen LogP contribution in [0.2, 0.25) is 0 Å². The fraction of sp³-hybridized carbons (Fsp3) is 0.353. The molecule has 1 atom stereocenters. The van der Waals surface area contributed by atoms with Crippen molar-refractivity contribution in [3.8, 4) is 0 Å². The molecule has 8 nitrogen and oxygen atoms in total. The van der Waals surface area contributed by atoms with Gasteiger partial charge >= 0.3 is 0 Å². The molecule has 1 N–H and O–H groups in total. The standard InChI is InChI=1S/C17H19N7O/c25-17(14-5-2-1-3-6-14)19-15(13-7-8-13)16-20-22-24(21-16)12-11-23-10-4-9-18-23/h1-6,9-10,13,15H,7-8,11-12H2,(H,19,25)/t15-/m0/s1. The average molecular weight is 337 g/mol. The lowest BCUT2D eigenvalue weighted by atomic mass is 10.1. The highest BCUT2D eigenvalue weighted by molar-refractivity contribution is 5.94. The lowest BCUT2D eigenvalue weighted by Gasteiger charge is -2.14. The second-order valence-electron chi connectivity index (χ2n) is 6.17. The van der Waals surface area contributed by atoms with Gasteiger partial charge in [-0.15, -0.1) is 10.2 Å². The quantitative estimate of drug-likeness (QED) is 0.705. The first-order valence-electron chi connectivity index (χ1n) is 8.40. The van der Waals surface area contributed by atoms with Crippen LogP contribution in [0.5, 0.6) is 0 Å². The van der Waals surface area contributed by atoms with E-state index in [2.05, 4.69) is 25.8 Å². The Morgan fingerprint density at radius 2 is 2.04 bits per heavy atom. The molecule has 128 valence electrons. The van der Waals surface area contributed by atoms with Crippen molar-refractivity contribution < 1.29 is 4.79 Å². The highest BCUT2D eigenvalue weighted by atomic mass is 16.1. The van der Waals surface area contributed by atoms with Crippen LogP contribution in [0.15, 0.2) is 48.8 Å². The Kier molecular flexibility index (Phi) is 4.24. The molecule has 2 aromatic heterocycles. The summed E-state index contributed by atoms with van der Waals surface area (Å²) >= 11 is 0. The summed E-state index contributed by atoms with van der Waals surface area (Å²) in [5.41, 5.74) is 0.638. The van der Waals surface area contributed by atoms with Crippen LogP contribution in [0.3, 0.4) is 0 Å². The van der Waals surface area contributed by atoms with E-state index < -0.39 is 0 Å². The van der Waals surface area contributed by atoms with E-state index in [4.69, 9.17) is 0 Å². The van der Waals surface area contributed by atoms with E-state index in [1.165, 1.54) is 0 Å². The third kappa shape index (κ3) is 3.73. The van der Waals surface area contributed by atoms with Crippen molar-refractivity contribution in [2.75, 3.05) is 0 Å². The van der Waals surface area contributed by atoms with Crippen molar-refractivity contribution in [3.63, 3.8) is 0 Å². The molecule has 25 heavy (non-hydrogen) atoms. The molecule has 0 radical (unpaired) electrons. The first-order chi connectivity index (χ1) is 12.3. The molecule has 0 saturated heterocycles. The summed E-state index contributed by atoms with van der Waals surface area (Å²) in [5, 5.41) is 19.9. The van der Waals surface area contributed by atoms with E-state index in [9.17, 15) is 4.79 Å². The maximum absolute atomic E-state index is 12.4. The fourth-order valence-electron chi connectivity index (χ4n) is 2.74. The van der Waals surface area contributed by atoms with Crippen molar-refractivity contribution >= 4 is 5.91 Å². The van der Waals surface area contributed by atoms with Crippen LogP contribution in [-0.4, -0.2) is 35.9 Å². The molecule has 8 heteroatoms. The summed E-state index contributed by atoms with van der Waals surface area (Å²) in [5.74, 6) is 0.856. The second kappa shape index (κ2) is 6.84. The molecule has 2 heterocycles. The van der Waals surface area contributed by atoms with Gasteiger partial charge in [0.2, 0.25) is 0 Å². The van der Waals surface area contributed by atoms with Crippen LogP contribution in [0.1, 0.15) is 35.1 Å². The van der Waals surface area contributed by atoms with Crippen molar-refractivity contribution in [2.45, 2.75) is 32.0 Å². The number of benzene rings is 1. The van der Waals surface area contributed by atoms with Gasteiger partial charge in [0.15, 0.2) is 5.82 Å².